The molecular formula is C12H17NO2S. The molecular weight excluding hydrogens is 222 g/mol. The number of thiophene rings is 1. The van der Waals surface area contributed by atoms with Crippen LogP contribution in [0.2, 0.25) is 0 Å². The lowest BCUT2D eigenvalue weighted by atomic mass is 9.86. The van der Waals surface area contributed by atoms with E-state index in [1.165, 1.54) is 0 Å². The first-order chi connectivity index (χ1) is 7.77. The van der Waals surface area contributed by atoms with Crippen LogP contribution in [-0.4, -0.2) is 12.5 Å². The predicted molar refractivity (Wildman–Crippen MR) is 64.1 cm³/mol. The van der Waals surface area contributed by atoms with Gasteiger partial charge in [0, 0.05) is 11.4 Å². The van der Waals surface area contributed by atoms with Crippen molar-refractivity contribution in [1.82, 2.24) is 0 Å². The minimum Gasteiger partial charge on any atom is -0.460 e. The van der Waals surface area contributed by atoms with Crippen LogP contribution in [0.3, 0.4) is 0 Å². The van der Waals surface area contributed by atoms with Crippen LogP contribution in [0.5, 0.6) is 0 Å². The molecule has 16 heavy (non-hydrogen) atoms. The molecule has 2 N–H and O–H groups in total. The summed E-state index contributed by atoms with van der Waals surface area (Å²) in [6.07, 6.45) is 3.94. The third-order valence-corrected chi connectivity index (χ3v) is 4.16. The van der Waals surface area contributed by atoms with E-state index in [0.29, 0.717) is 13.2 Å². The molecule has 2 rings (SSSR count). The van der Waals surface area contributed by atoms with Gasteiger partial charge in [0.05, 0.1) is 5.41 Å². The van der Waals surface area contributed by atoms with Crippen LogP contribution in [0.25, 0.3) is 0 Å². The highest BCUT2D eigenvalue weighted by atomic mass is 32.1. The molecule has 1 saturated carbocycles. The molecule has 0 amide bonds. The van der Waals surface area contributed by atoms with Gasteiger partial charge in [-0.15, -0.1) is 11.3 Å². The van der Waals surface area contributed by atoms with E-state index in [0.717, 1.165) is 30.6 Å². The minimum atomic E-state index is -0.392. The molecule has 1 aliphatic rings. The van der Waals surface area contributed by atoms with Gasteiger partial charge in [0.25, 0.3) is 0 Å². The summed E-state index contributed by atoms with van der Waals surface area (Å²) in [6.45, 7) is 0.800. The van der Waals surface area contributed by atoms with Gasteiger partial charge in [-0.3, -0.25) is 4.79 Å². The molecule has 0 aromatic carbocycles. The Kier molecular flexibility index (Phi) is 3.61. The SMILES string of the molecule is NCC1(C(=O)OCc2cccs2)CCCC1. The Morgan fingerprint density at radius 3 is 2.81 bits per heavy atom. The van der Waals surface area contributed by atoms with Crippen molar-refractivity contribution in [1.29, 1.82) is 0 Å². The number of ether oxygens (including phenoxy) is 1. The first-order valence-electron chi connectivity index (χ1n) is 5.66. The topological polar surface area (TPSA) is 52.3 Å². The van der Waals surface area contributed by atoms with E-state index < -0.39 is 5.41 Å². The molecule has 1 aromatic heterocycles. The van der Waals surface area contributed by atoms with Crippen LogP contribution in [0.1, 0.15) is 30.6 Å². The second-order valence-electron chi connectivity index (χ2n) is 4.35. The van der Waals surface area contributed by atoms with Gasteiger partial charge >= 0.3 is 5.97 Å². The molecule has 3 nitrogen and oxygen atoms in total. The minimum absolute atomic E-state index is 0.110. The quantitative estimate of drug-likeness (QED) is 0.820. The van der Waals surface area contributed by atoms with Crippen molar-refractivity contribution in [2.45, 2.75) is 32.3 Å². The zero-order valence-corrected chi connectivity index (χ0v) is 10.1. The summed E-state index contributed by atoms with van der Waals surface area (Å²) in [5.41, 5.74) is 5.33. The van der Waals surface area contributed by atoms with Crippen molar-refractivity contribution in [2.75, 3.05) is 6.54 Å². The summed E-state index contributed by atoms with van der Waals surface area (Å²) >= 11 is 1.61. The molecule has 1 aromatic rings. The molecule has 0 unspecified atom stereocenters. The molecule has 1 heterocycles. The van der Waals surface area contributed by atoms with Gasteiger partial charge < -0.3 is 10.5 Å². The lowest BCUT2D eigenvalue weighted by molar-refractivity contribution is -0.156. The Balaban J connectivity index is 1.91. The number of carbonyl (C=O) groups is 1. The molecule has 1 fully saturated rings. The van der Waals surface area contributed by atoms with Crippen molar-refractivity contribution < 1.29 is 9.53 Å². The summed E-state index contributed by atoms with van der Waals surface area (Å²) in [7, 11) is 0. The van der Waals surface area contributed by atoms with Crippen LogP contribution < -0.4 is 5.73 Å². The monoisotopic (exact) mass is 239 g/mol. The Labute approximate surface area is 99.6 Å². The maximum atomic E-state index is 12.0. The fraction of sp³-hybridized carbons (Fsp3) is 0.583. The van der Waals surface area contributed by atoms with Crippen LogP contribution in [0.4, 0.5) is 0 Å². The van der Waals surface area contributed by atoms with Gasteiger partial charge in [-0.25, -0.2) is 0 Å². The molecule has 1 aliphatic carbocycles. The number of nitrogens with two attached hydrogens (primary N) is 1. The van der Waals surface area contributed by atoms with Crippen molar-refractivity contribution in [3.05, 3.63) is 22.4 Å². The lowest BCUT2D eigenvalue weighted by Crippen LogP contribution is -2.37. The highest BCUT2D eigenvalue weighted by Crippen LogP contribution is 2.38. The summed E-state index contributed by atoms with van der Waals surface area (Å²) < 4.78 is 5.36. The van der Waals surface area contributed by atoms with Gasteiger partial charge in [-0.1, -0.05) is 18.9 Å². The van der Waals surface area contributed by atoms with E-state index in [4.69, 9.17) is 10.5 Å². The predicted octanol–water partition coefficient (Wildman–Crippen LogP) is 2.31. The van der Waals surface area contributed by atoms with Crippen LogP contribution in [0, 0.1) is 5.41 Å². The van der Waals surface area contributed by atoms with Gasteiger partial charge in [-0.05, 0) is 24.3 Å². The molecule has 0 bridgehead atoms. The molecule has 0 saturated heterocycles. The molecule has 0 aliphatic heterocycles. The Morgan fingerprint density at radius 1 is 1.50 bits per heavy atom. The van der Waals surface area contributed by atoms with Gasteiger partial charge in [0.1, 0.15) is 6.61 Å². The van der Waals surface area contributed by atoms with Crippen molar-refractivity contribution in [3.63, 3.8) is 0 Å². The first-order valence-corrected chi connectivity index (χ1v) is 6.54. The third-order valence-electron chi connectivity index (χ3n) is 3.31. The largest absolute Gasteiger partial charge is 0.460 e. The fourth-order valence-electron chi connectivity index (χ4n) is 2.23. The molecule has 4 heteroatoms. The highest BCUT2D eigenvalue weighted by Gasteiger charge is 2.41. The summed E-state index contributed by atoms with van der Waals surface area (Å²) in [6, 6.07) is 3.93. The van der Waals surface area contributed by atoms with E-state index >= 15 is 0 Å². The van der Waals surface area contributed by atoms with E-state index in [2.05, 4.69) is 0 Å². The maximum absolute atomic E-state index is 12.0. The number of hydrogen-bond donors (Lipinski definition) is 1. The van der Waals surface area contributed by atoms with E-state index in [9.17, 15) is 4.79 Å². The second kappa shape index (κ2) is 4.97. The summed E-state index contributed by atoms with van der Waals surface area (Å²) in [4.78, 5) is 13.1. The molecule has 0 spiro atoms. The summed E-state index contributed by atoms with van der Waals surface area (Å²) in [5.74, 6) is -0.110. The number of esters is 1. The lowest BCUT2D eigenvalue weighted by Gasteiger charge is -2.24. The van der Waals surface area contributed by atoms with Crippen LogP contribution >= 0.6 is 11.3 Å². The van der Waals surface area contributed by atoms with E-state index in [1.54, 1.807) is 11.3 Å². The van der Waals surface area contributed by atoms with Crippen LogP contribution in [0.15, 0.2) is 17.5 Å². The molecule has 0 atom stereocenters. The first kappa shape index (κ1) is 11.6. The third kappa shape index (κ3) is 2.28. The maximum Gasteiger partial charge on any atom is 0.313 e. The number of rotatable bonds is 4. The van der Waals surface area contributed by atoms with Gasteiger partial charge in [0.15, 0.2) is 0 Å². The Morgan fingerprint density at radius 2 is 2.25 bits per heavy atom. The van der Waals surface area contributed by atoms with Crippen molar-refractivity contribution >= 4 is 17.3 Å². The van der Waals surface area contributed by atoms with Gasteiger partial charge in [-0.2, -0.15) is 0 Å². The molecule has 0 radical (unpaired) electrons. The average Bonchev–Trinajstić information content (AvgIpc) is 2.97. The standard InChI is InChI=1S/C12H17NO2S/c13-9-12(5-1-2-6-12)11(14)15-8-10-4-3-7-16-10/h3-4,7H,1-2,5-6,8-9,13H2. The number of carbonyl (C=O) groups excluding carboxylic acids is 1. The van der Waals surface area contributed by atoms with Crippen molar-refractivity contribution in [2.24, 2.45) is 11.1 Å². The fourth-order valence-corrected chi connectivity index (χ4v) is 2.84. The second-order valence-corrected chi connectivity index (χ2v) is 5.38. The van der Waals surface area contributed by atoms with Crippen LogP contribution in [-0.2, 0) is 16.1 Å². The van der Waals surface area contributed by atoms with Gasteiger partial charge in [0.2, 0.25) is 0 Å². The zero-order chi connectivity index (χ0) is 11.4. The average molecular weight is 239 g/mol. The van der Waals surface area contributed by atoms with E-state index in [-0.39, 0.29) is 5.97 Å². The smallest absolute Gasteiger partial charge is 0.313 e. The number of hydrogen-bond acceptors (Lipinski definition) is 4. The summed E-state index contributed by atoms with van der Waals surface area (Å²) in [5, 5.41) is 1.98. The highest BCUT2D eigenvalue weighted by molar-refractivity contribution is 7.09. The normalized spacial score (nSPS) is 18.6. The molecule has 88 valence electrons. The zero-order valence-electron chi connectivity index (χ0n) is 9.28. The Hall–Kier alpha value is -0.870. The Bertz CT molecular complexity index is 342. The van der Waals surface area contributed by atoms with E-state index in [1.807, 2.05) is 17.5 Å². The van der Waals surface area contributed by atoms with Crippen molar-refractivity contribution in [3.8, 4) is 0 Å².